The van der Waals surface area contributed by atoms with E-state index in [1.807, 2.05) is 0 Å². The van der Waals surface area contributed by atoms with Crippen molar-refractivity contribution < 1.29 is 28.5 Å². The summed E-state index contributed by atoms with van der Waals surface area (Å²) in [4.78, 5) is 11.1. The second-order valence-electron chi connectivity index (χ2n) is 4.59. The lowest BCUT2D eigenvalue weighted by atomic mass is 9.92. The van der Waals surface area contributed by atoms with Crippen LogP contribution in [0, 0.1) is 11.6 Å². The van der Waals surface area contributed by atoms with Crippen LogP contribution in [-0.2, 0) is 0 Å². The van der Waals surface area contributed by atoms with Crippen molar-refractivity contribution >= 4 is 5.97 Å². The molecule has 1 saturated carbocycles. The molecule has 19 heavy (non-hydrogen) atoms. The van der Waals surface area contributed by atoms with Crippen molar-refractivity contribution in [3.8, 4) is 11.5 Å². The predicted molar refractivity (Wildman–Crippen MR) is 62.7 cm³/mol. The number of aromatic hydroxyl groups is 1. The number of carboxylic acid groups (broad SMARTS) is 1. The molecule has 0 radical (unpaired) electrons. The quantitative estimate of drug-likeness (QED) is 0.887. The van der Waals surface area contributed by atoms with E-state index in [1.165, 1.54) is 7.11 Å². The molecule has 1 aliphatic rings. The van der Waals surface area contributed by atoms with Crippen molar-refractivity contribution in [3.63, 3.8) is 0 Å². The van der Waals surface area contributed by atoms with Crippen molar-refractivity contribution in [3.05, 3.63) is 22.8 Å². The molecule has 0 saturated heterocycles. The number of phenolic OH excluding ortho intramolecular Hbond substituents is 1. The van der Waals surface area contributed by atoms with Crippen molar-refractivity contribution in [1.82, 2.24) is 0 Å². The lowest BCUT2D eigenvalue weighted by Gasteiger charge is -2.19. The first-order valence-corrected chi connectivity index (χ1v) is 6.00. The molecule has 1 aliphatic carbocycles. The SMILES string of the molecule is COc1c(C(=O)O)c(F)c(F)c(O)c1C1CCCC1. The number of carbonyl (C=O) groups is 1. The van der Waals surface area contributed by atoms with Crippen LogP contribution in [0.2, 0.25) is 0 Å². The molecule has 0 bridgehead atoms. The number of carboxylic acids is 1. The van der Waals surface area contributed by atoms with Crippen LogP contribution in [0.15, 0.2) is 0 Å². The van der Waals surface area contributed by atoms with Gasteiger partial charge in [-0.15, -0.1) is 0 Å². The number of rotatable bonds is 3. The summed E-state index contributed by atoms with van der Waals surface area (Å²) in [7, 11) is 1.18. The van der Waals surface area contributed by atoms with Crippen LogP contribution in [-0.4, -0.2) is 23.3 Å². The van der Waals surface area contributed by atoms with Gasteiger partial charge in [-0.3, -0.25) is 0 Å². The first-order valence-electron chi connectivity index (χ1n) is 6.00. The van der Waals surface area contributed by atoms with Crippen molar-refractivity contribution in [2.24, 2.45) is 0 Å². The molecule has 0 spiro atoms. The number of methoxy groups -OCH3 is 1. The van der Waals surface area contributed by atoms with Crippen LogP contribution in [0.3, 0.4) is 0 Å². The van der Waals surface area contributed by atoms with Crippen LogP contribution in [0.25, 0.3) is 0 Å². The Hall–Kier alpha value is -1.85. The van der Waals surface area contributed by atoms with Crippen LogP contribution in [0.1, 0.15) is 47.5 Å². The van der Waals surface area contributed by atoms with Crippen molar-refractivity contribution in [2.75, 3.05) is 7.11 Å². The van der Waals surface area contributed by atoms with E-state index in [-0.39, 0.29) is 17.2 Å². The molecule has 0 amide bonds. The molecule has 0 aliphatic heterocycles. The summed E-state index contributed by atoms with van der Waals surface area (Å²) in [6, 6.07) is 0. The highest BCUT2D eigenvalue weighted by molar-refractivity contribution is 5.92. The molecule has 0 heterocycles. The standard InChI is InChI=1S/C13H14F2O4/c1-19-12-7(6-4-2-3-5-6)11(16)10(15)9(14)8(12)13(17)18/h6,16H,2-5H2,1H3,(H,17,18). The second kappa shape index (κ2) is 5.03. The Kier molecular flexibility index (Phi) is 3.59. The van der Waals surface area contributed by atoms with Crippen LogP contribution >= 0.6 is 0 Å². The van der Waals surface area contributed by atoms with E-state index in [0.717, 1.165) is 12.8 Å². The maximum absolute atomic E-state index is 13.6. The van der Waals surface area contributed by atoms with E-state index < -0.39 is 28.9 Å². The molecule has 4 nitrogen and oxygen atoms in total. The first-order chi connectivity index (χ1) is 8.99. The van der Waals surface area contributed by atoms with Crippen LogP contribution in [0.5, 0.6) is 11.5 Å². The molecule has 0 atom stereocenters. The average molecular weight is 272 g/mol. The minimum atomic E-state index is -1.62. The molecule has 0 unspecified atom stereocenters. The van der Waals surface area contributed by atoms with E-state index in [1.54, 1.807) is 0 Å². The average Bonchev–Trinajstić information content (AvgIpc) is 2.88. The van der Waals surface area contributed by atoms with Gasteiger partial charge < -0.3 is 14.9 Å². The molecule has 6 heteroatoms. The Morgan fingerprint density at radius 1 is 1.26 bits per heavy atom. The van der Waals surface area contributed by atoms with E-state index in [9.17, 15) is 18.7 Å². The summed E-state index contributed by atoms with van der Waals surface area (Å²) in [5.74, 6) is -6.07. The third kappa shape index (κ3) is 2.11. The highest BCUT2D eigenvalue weighted by Crippen LogP contribution is 2.46. The Labute approximate surface area is 108 Å². The minimum absolute atomic E-state index is 0.0660. The predicted octanol–water partition coefficient (Wildman–Crippen LogP) is 3.03. The third-order valence-electron chi connectivity index (χ3n) is 3.53. The van der Waals surface area contributed by atoms with Gasteiger partial charge in [0.1, 0.15) is 11.3 Å². The van der Waals surface area contributed by atoms with Gasteiger partial charge in [0.05, 0.1) is 7.11 Å². The summed E-state index contributed by atoms with van der Waals surface area (Å²) < 4.78 is 32.2. The van der Waals surface area contributed by atoms with Crippen LogP contribution < -0.4 is 4.74 Å². The molecule has 1 fully saturated rings. The topological polar surface area (TPSA) is 66.8 Å². The fourth-order valence-electron chi connectivity index (χ4n) is 2.67. The zero-order valence-corrected chi connectivity index (χ0v) is 10.4. The number of hydrogen-bond donors (Lipinski definition) is 2. The van der Waals surface area contributed by atoms with Gasteiger partial charge in [0.2, 0.25) is 5.82 Å². The number of aromatic carboxylic acids is 1. The van der Waals surface area contributed by atoms with E-state index in [2.05, 4.69) is 0 Å². The summed E-state index contributed by atoms with van der Waals surface area (Å²) >= 11 is 0. The van der Waals surface area contributed by atoms with Gasteiger partial charge in [0, 0.05) is 5.56 Å². The number of hydrogen-bond acceptors (Lipinski definition) is 3. The normalized spacial score (nSPS) is 15.7. The van der Waals surface area contributed by atoms with Gasteiger partial charge in [-0.2, -0.15) is 4.39 Å². The van der Waals surface area contributed by atoms with Gasteiger partial charge in [-0.25, -0.2) is 9.18 Å². The maximum atomic E-state index is 13.6. The molecular weight excluding hydrogens is 258 g/mol. The van der Waals surface area contributed by atoms with Gasteiger partial charge in [-0.1, -0.05) is 12.8 Å². The molecule has 1 aromatic carbocycles. The van der Waals surface area contributed by atoms with E-state index in [0.29, 0.717) is 12.8 Å². The second-order valence-corrected chi connectivity index (χ2v) is 4.59. The van der Waals surface area contributed by atoms with Crippen molar-refractivity contribution in [1.29, 1.82) is 0 Å². The number of halogens is 2. The minimum Gasteiger partial charge on any atom is -0.504 e. The lowest BCUT2D eigenvalue weighted by Crippen LogP contribution is -2.11. The maximum Gasteiger partial charge on any atom is 0.342 e. The largest absolute Gasteiger partial charge is 0.504 e. The first kappa shape index (κ1) is 13.6. The smallest absolute Gasteiger partial charge is 0.342 e. The molecule has 2 N–H and O–H groups in total. The molecule has 104 valence electrons. The van der Waals surface area contributed by atoms with E-state index >= 15 is 0 Å². The highest BCUT2D eigenvalue weighted by Gasteiger charge is 2.33. The summed E-state index contributed by atoms with van der Waals surface area (Å²) in [6.45, 7) is 0. The fraction of sp³-hybridized carbons (Fsp3) is 0.462. The highest BCUT2D eigenvalue weighted by atomic mass is 19.2. The van der Waals surface area contributed by atoms with Gasteiger partial charge in [-0.05, 0) is 18.8 Å². The lowest BCUT2D eigenvalue weighted by molar-refractivity contribution is 0.0686. The summed E-state index contributed by atoms with van der Waals surface area (Å²) in [5, 5.41) is 18.8. The molecule has 0 aromatic heterocycles. The van der Waals surface area contributed by atoms with Gasteiger partial charge in [0.25, 0.3) is 0 Å². The Bertz CT molecular complexity index is 522. The third-order valence-corrected chi connectivity index (χ3v) is 3.53. The van der Waals surface area contributed by atoms with Crippen LogP contribution in [0.4, 0.5) is 8.78 Å². The summed E-state index contributed by atoms with van der Waals surface area (Å²) in [6.07, 6.45) is 3.17. The zero-order chi connectivity index (χ0) is 14.2. The fourth-order valence-corrected chi connectivity index (χ4v) is 2.67. The molecular formula is C13H14F2O4. The number of benzene rings is 1. The van der Waals surface area contributed by atoms with Gasteiger partial charge in [0.15, 0.2) is 11.6 Å². The zero-order valence-electron chi connectivity index (χ0n) is 10.4. The Morgan fingerprint density at radius 3 is 2.32 bits per heavy atom. The summed E-state index contributed by atoms with van der Waals surface area (Å²) in [5.41, 5.74) is -0.795. The molecule has 1 aromatic rings. The Balaban J connectivity index is 2.73. The Morgan fingerprint density at radius 2 is 1.84 bits per heavy atom. The monoisotopic (exact) mass is 272 g/mol. The van der Waals surface area contributed by atoms with Gasteiger partial charge >= 0.3 is 5.97 Å². The molecule has 2 rings (SSSR count). The van der Waals surface area contributed by atoms with E-state index in [4.69, 9.17) is 9.84 Å². The van der Waals surface area contributed by atoms with Crippen molar-refractivity contribution in [2.45, 2.75) is 31.6 Å². The number of ether oxygens (including phenoxy) is 1. The number of phenols is 1.